The maximum atomic E-state index is 12.7. The average molecular weight is 462 g/mol. The van der Waals surface area contributed by atoms with Gasteiger partial charge < -0.3 is 20.1 Å². The van der Waals surface area contributed by atoms with Crippen LogP contribution < -0.4 is 10.2 Å². The van der Waals surface area contributed by atoms with Crippen LogP contribution in [0.5, 0.6) is 0 Å². The standard InChI is InChI=1S/C24H35N3O6/c1-15(2)19-8-6-16(3)11-22(19)33-14-23(28)25-20-12-18(7-9-21(20)27(31)32)26-10-4-5-17(13-26)24(29)30/h7,9,12,15-17,19,22H,4-6,8,10-11,13-14H2,1-3H3,(H,25,28)(H,29,30). The summed E-state index contributed by atoms with van der Waals surface area (Å²) in [5.74, 6) is -0.352. The lowest BCUT2D eigenvalue weighted by Crippen LogP contribution is -2.38. The van der Waals surface area contributed by atoms with Crippen molar-refractivity contribution in [2.75, 3.05) is 29.9 Å². The van der Waals surface area contributed by atoms with Gasteiger partial charge in [0.2, 0.25) is 0 Å². The van der Waals surface area contributed by atoms with Gasteiger partial charge in [0.1, 0.15) is 12.3 Å². The number of piperidine rings is 1. The predicted octanol–water partition coefficient (Wildman–Crippen LogP) is 4.31. The zero-order valence-electron chi connectivity index (χ0n) is 19.7. The molecule has 9 heteroatoms. The first-order valence-electron chi connectivity index (χ1n) is 11.8. The first-order valence-corrected chi connectivity index (χ1v) is 11.8. The fourth-order valence-corrected chi connectivity index (χ4v) is 5.07. The topological polar surface area (TPSA) is 122 Å². The van der Waals surface area contributed by atoms with Crippen molar-refractivity contribution in [1.82, 2.24) is 0 Å². The average Bonchev–Trinajstić information content (AvgIpc) is 2.77. The largest absolute Gasteiger partial charge is 0.481 e. The van der Waals surface area contributed by atoms with Crippen LogP contribution in [0.15, 0.2) is 18.2 Å². The van der Waals surface area contributed by atoms with Gasteiger partial charge in [0.15, 0.2) is 0 Å². The van der Waals surface area contributed by atoms with Gasteiger partial charge in [-0.05, 0) is 55.6 Å². The molecule has 33 heavy (non-hydrogen) atoms. The van der Waals surface area contributed by atoms with Crippen molar-refractivity contribution >= 4 is 28.9 Å². The minimum absolute atomic E-state index is 0.00196. The molecule has 1 amide bonds. The summed E-state index contributed by atoms with van der Waals surface area (Å²) in [6.07, 6.45) is 4.48. The van der Waals surface area contributed by atoms with Crippen LogP contribution in [0.1, 0.15) is 52.9 Å². The highest BCUT2D eigenvalue weighted by Crippen LogP contribution is 2.36. The highest BCUT2D eigenvalue weighted by atomic mass is 16.6. The first kappa shape index (κ1) is 25.0. The summed E-state index contributed by atoms with van der Waals surface area (Å²) in [4.78, 5) is 36.9. The van der Waals surface area contributed by atoms with Gasteiger partial charge in [-0.25, -0.2) is 0 Å². The molecule has 1 heterocycles. The van der Waals surface area contributed by atoms with Gasteiger partial charge in [0.05, 0.1) is 16.9 Å². The Bertz CT molecular complexity index is 874. The maximum Gasteiger partial charge on any atom is 0.308 e. The summed E-state index contributed by atoms with van der Waals surface area (Å²) in [6.45, 7) is 7.36. The van der Waals surface area contributed by atoms with E-state index in [1.165, 1.54) is 6.07 Å². The van der Waals surface area contributed by atoms with E-state index in [0.717, 1.165) is 25.7 Å². The van der Waals surface area contributed by atoms with E-state index in [0.29, 0.717) is 43.0 Å². The molecule has 1 saturated heterocycles. The van der Waals surface area contributed by atoms with Crippen LogP contribution in [-0.4, -0.2) is 47.7 Å². The van der Waals surface area contributed by atoms with Crippen molar-refractivity contribution in [1.29, 1.82) is 0 Å². The number of carboxylic acids is 1. The molecule has 0 bridgehead atoms. The van der Waals surface area contributed by atoms with E-state index in [2.05, 4.69) is 26.1 Å². The molecule has 1 aromatic rings. The van der Waals surface area contributed by atoms with Crippen molar-refractivity contribution in [3.63, 3.8) is 0 Å². The van der Waals surface area contributed by atoms with Crippen molar-refractivity contribution in [3.05, 3.63) is 28.3 Å². The van der Waals surface area contributed by atoms with Gasteiger partial charge in [-0.2, -0.15) is 0 Å². The Labute approximate surface area is 194 Å². The van der Waals surface area contributed by atoms with E-state index in [1.54, 1.807) is 12.1 Å². The molecule has 182 valence electrons. The Hall–Kier alpha value is -2.68. The third-order valence-corrected chi connectivity index (χ3v) is 6.98. The number of nitrogens with one attached hydrogen (secondary N) is 1. The number of aliphatic carboxylic acids is 1. The molecule has 4 atom stereocenters. The quantitative estimate of drug-likeness (QED) is 0.437. The van der Waals surface area contributed by atoms with Gasteiger partial charge in [0, 0.05) is 24.8 Å². The Morgan fingerprint density at radius 1 is 1.30 bits per heavy atom. The van der Waals surface area contributed by atoms with Crippen molar-refractivity contribution < 1.29 is 24.4 Å². The number of carboxylic acid groups (broad SMARTS) is 1. The molecule has 4 unspecified atom stereocenters. The Morgan fingerprint density at radius 2 is 2.06 bits per heavy atom. The molecule has 1 saturated carbocycles. The molecular formula is C24H35N3O6. The molecule has 0 radical (unpaired) electrons. The third-order valence-electron chi connectivity index (χ3n) is 6.98. The number of hydrogen-bond donors (Lipinski definition) is 2. The summed E-state index contributed by atoms with van der Waals surface area (Å²) in [7, 11) is 0. The third kappa shape index (κ3) is 6.43. The number of amides is 1. The summed E-state index contributed by atoms with van der Waals surface area (Å²) >= 11 is 0. The van der Waals surface area contributed by atoms with Gasteiger partial charge in [-0.3, -0.25) is 19.7 Å². The Balaban J connectivity index is 1.69. The van der Waals surface area contributed by atoms with Gasteiger partial charge in [-0.1, -0.05) is 27.2 Å². The van der Waals surface area contributed by atoms with Crippen LogP contribution in [-0.2, 0) is 14.3 Å². The molecule has 2 N–H and O–H groups in total. The lowest BCUT2D eigenvalue weighted by atomic mass is 9.75. The van der Waals surface area contributed by atoms with E-state index < -0.39 is 22.7 Å². The molecule has 1 aliphatic carbocycles. The predicted molar refractivity (Wildman–Crippen MR) is 125 cm³/mol. The van der Waals surface area contributed by atoms with E-state index in [4.69, 9.17) is 4.74 Å². The minimum atomic E-state index is -0.844. The van der Waals surface area contributed by atoms with E-state index in [-0.39, 0.29) is 24.1 Å². The number of anilines is 2. The molecule has 2 fully saturated rings. The summed E-state index contributed by atoms with van der Waals surface area (Å²) in [6, 6.07) is 4.51. The van der Waals surface area contributed by atoms with Crippen molar-refractivity contribution in [2.24, 2.45) is 23.7 Å². The van der Waals surface area contributed by atoms with Crippen molar-refractivity contribution in [3.8, 4) is 0 Å². The first-order chi connectivity index (χ1) is 15.7. The second-order valence-electron chi connectivity index (χ2n) is 9.81. The highest BCUT2D eigenvalue weighted by Gasteiger charge is 2.32. The Morgan fingerprint density at radius 3 is 2.73 bits per heavy atom. The van der Waals surface area contributed by atoms with Crippen molar-refractivity contribution in [2.45, 2.75) is 59.0 Å². The molecule has 0 spiro atoms. The summed E-state index contributed by atoms with van der Waals surface area (Å²) < 4.78 is 5.99. The monoisotopic (exact) mass is 461 g/mol. The van der Waals surface area contributed by atoms with Crippen LogP contribution in [0.3, 0.4) is 0 Å². The van der Waals surface area contributed by atoms with Gasteiger partial charge in [-0.15, -0.1) is 0 Å². The molecule has 2 aliphatic rings. The summed E-state index contributed by atoms with van der Waals surface area (Å²) in [5.41, 5.74) is 0.551. The van der Waals surface area contributed by atoms with Crippen LogP contribution in [0.4, 0.5) is 17.1 Å². The van der Waals surface area contributed by atoms with Gasteiger partial charge >= 0.3 is 5.97 Å². The number of nitro benzene ring substituents is 1. The van der Waals surface area contributed by atoms with Gasteiger partial charge in [0.25, 0.3) is 11.6 Å². The molecule has 0 aromatic heterocycles. The zero-order chi connectivity index (χ0) is 24.1. The second-order valence-corrected chi connectivity index (χ2v) is 9.81. The normalized spacial score (nSPS) is 25.6. The number of ether oxygens (including phenoxy) is 1. The van der Waals surface area contributed by atoms with Crippen LogP contribution in [0.25, 0.3) is 0 Å². The number of nitrogens with zero attached hydrogens (tertiary/aromatic N) is 2. The molecule has 9 nitrogen and oxygen atoms in total. The molecule has 3 rings (SSSR count). The van der Waals surface area contributed by atoms with E-state index in [1.807, 2.05) is 4.90 Å². The maximum absolute atomic E-state index is 12.7. The van der Waals surface area contributed by atoms with Crippen LogP contribution in [0.2, 0.25) is 0 Å². The lowest BCUT2D eigenvalue weighted by Gasteiger charge is -2.37. The molecule has 1 aromatic carbocycles. The molecular weight excluding hydrogens is 426 g/mol. The van der Waals surface area contributed by atoms with Crippen LogP contribution in [0, 0.1) is 33.8 Å². The smallest absolute Gasteiger partial charge is 0.308 e. The van der Waals surface area contributed by atoms with E-state index in [9.17, 15) is 24.8 Å². The fourth-order valence-electron chi connectivity index (χ4n) is 5.07. The second kappa shape index (κ2) is 11.0. The number of carbonyl (C=O) groups excluding carboxylic acids is 1. The van der Waals surface area contributed by atoms with Crippen LogP contribution >= 0.6 is 0 Å². The highest BCUT2D eigenvalue weighted by molar-refractivity contribution is 5.94. The zero-order valence-corrected chi connectivity index (χ0v) is 19.7. The minimum Gasteiger partial charge on any atom is -0.481 e. The number of carbonyl (C=O) groups is 2. The Kier molecular flexibility index (Phi) is 8.29. The SMILES string of the molecule is CC1CCC(C(C)C)C(OCC(=O)Nc2cc(N3CCCC(C(=O)O)C3)ccc2[N+](=O)[O-])C1. The number of benzene rings is 1. The number of rotatable bonds is 8. The molecule has 1 aliphatic heterocycles. The lowest BCUT2D eigenvalue weighted by molar-refractivity contribution is -0.383. The fraction of sp³-hybridized carbons (Fsp3) is 0.667. The number of hydrogen-bond acceptors (Lipinski definition) is 6. The van der Waals surface area contributed by atoms with E-state index >= 15 is 0 Å². The summed E-state index contributed by atoms with van der Waals surface area (Å²) in [5, 5.41) is 23.5. The number of nitro groups is 1.